The van der Waals surface area contributed by atoms with E-state index in [4.69, 9.17) is 0 Å². The summed E-state index contributed by atoms with van der Waals surface area (Å²) in [6, 6.07) is 12.0. The molecule has 0 fully saturated rings. The van der Waals surface area contributed by atoms with E-state index < -0.39 is 0 Å². The number of hydrogen-bond acceptors (Lipinski definition) is 1. The van der Waals surface area contributed by atoms with Crippen LogP contribution in [0.15, 0.2) is 47.4 Å². The number of aromatic nitrogens is 1. The Morgan fingerprint density at radius 1 is 1.06 bits per heavy atom. The van der Waals surface area contributed by atoms with Crippen LogP contribution in [-0.4, -0.2) is 4.57 Å². The number of aryl methyl sites for hydroxylation is 1. The molecule has 0 spiro atoms. The molecule has 0 unspecified atom stereocenters. The van der Waals surface area contributed by atoms with Crippen molar-refractivity contribution in [3.8, 4) is 11.1 Å². The smallest absolute Gasteiger partial charge is 0.250 e. The third-order valence-corrected chi connectivity index (χ3v) is 2.99. The van der Waals surface area contributed by atoms with Gasteiger partial charge in [-0.15, -0.1) is 0 Å². The van der Waals surface area contributed by atoms with Crippen molar-refractivity contribution in [2.24, 2.45) is 7.05 Å². The molecule has 2 heteroatoms. The number of benzene rings is 1. The highest BCUT2D eigenvalue weighted by Gasteiger charge is 2.03. The molecular weight excluding hydrogens is 210 g/mol. The van der Waals surface area contributed by atoms with Gasteiger partial charge in [0.15, 0.2) is 0 Å². The Morgan fingerprint density at radius 2 is 1.76 bits per heavy atom. The van der Waals surface area contributed by atoms with Crippen LogP contribution < -0.4 is 5.56 Å². The van der Waals surface area contributed by atoms with Crippen LogP contribution in [0.25, 0.3) is 11.1 Å². The normalized spacial score (nSPS) is 10.8. The summed E-state index contributed by atoms with van der Waals surface area (Å²) in [7, 11) is 1.76. The summed E-state index contributed by atoms with van der Waals surface area (Å²) in [6.45, 7) is 4.34. The van der Waals surface area contributed by atoms with Gasteiger partial charge in [0.1, 0.15) is 0 Å². The Hall–Kier alpha value is -1.83. The Bertz CT molecular complexity index is 581. The van der Waals surface area contributed by atoms with Gasteiger partial charge in [0.2, 0.25) is 0 Å². The van der Waals surface area contributed by atoms with Crippen molar-refractivity contribution in [2.75, 3.05) is 0 Å². The fourth-order valence-electron chi connectivity index (χ4n) is 1.81. The predicted molar refractivity (Wildman–Crippen MR) is 71.2 cm³/mol. The number of hydrogen-bond donors (Lipinski definition) is 0. The van der Waals surface area contributed by atoms with Crippen LogP contribution in [0.3, 0.4) is 0 Å². The fraction of sp³-hybridized carbons (Fsp3) is 0.267. The topological polar surface area (TPSA) is 22.0 Å². The molecule has 1 aromatic heterocycles. The molecule has 0 aliphatic rings. The van der Waals surface area contributed by atoms with Crippen molar-refractivity contribution in [2.45, 2.75) is 19.8 Å². The molecule has 1 aromatic carbocycles. The maximum absolute atomic E-state index is 11.6. The van der Waals surface area contributed by atoms with E-state index in [1.165, 1.54) is 5.56 Å². The summed E-state index contributed by atoms with van der Waals surface area (Å²) < 4.78 is 1.58. The van der Waals surface area contributed by atoms with Gasteiger partial charge in [-0.1, -0.05) is 38.1 Å². The summed E-state index contributed by atoms with van der Waals surface area (Å²) in [6.07, 6.45) is 1.81. The highest BCUT2D eigenvalue weighted by atomic mass is 16.1. The molecule has 0 aliphatic heterocycles. The summed E-state index contributed by atoms with van der Waals surface area (Å²) in [4.78, 5) is 11.6. The van der Waals surface area contributed by atoms with E-state index >= 15 is 0 Å². The lowest BCUT2D eigenvalue weighted by atomic mass is 9.98. The average molecular weight is 227 g/mol. The van der Waals surface area contributed by atoms with Crippen molar-refractivity contribution in [3.05, 3.63) is 58.5 Å². The van der Waals surface area contributed by atoms with Crippen LogP contribution in [0.5, 0.6) is 0 Å². The fourth-order valence-corrected chi connectivity index (χ4v) is 1.81. The van der Waals surface area contributed by atoms with Gasteiger partial charge in [-0.3, -0.25) is 4.79 Å². The third kappa shape index (κ3) is 2.47. The molecule has 0 radical (unpaired) electrons. The molecule has 2 aromatic rings. The Morgan fingerprint density at radius 3 is 2.41 bits per heavy atom. The first-order valence-electron chi connectivity index (χ1n) is 5.85. The zero-order chi connectivity index (χ0) is 12.4. The molecule has 0 N–H and O–H groups in total. The van der Waals surface area contributed by atoms with Crippen molar-refractivity contribution < 1.29 is 0 Å². The largest absolute Gasteiger partial charge is 0.319 e. The van der Waals surface area contributed by atoms with E-state index in [1.54, 1.807) is 23.9 Å². The molecular formula is C15H17NO. The minimum Gasteiger partial charge on any atom is -0.319 e. The van der Waals surface area contributed by atoms with Crippen molar-refractivity contribution in [3.63, 3.8) is 0 Å². The Labute approximate surface area is 102 Å². The van der Waals surface area contributed by atoms with Crippen LogP contribution in [0.1, 0.15) is 25.3 Å². The lowest BCUT2D eigenvalue weighted by Crippen LogP contribution is -2.14. The van der Waals surface area contributed by atoms with Crippen LogP contribution in [0, 0.1) is 0 Å². The maximum atomic E-state index is 11.6. The summed E-state index contributed by atoms with van der Waals surface area (Å²) in [5.74, 6) is 0.501. The third-order valence-electron chi connectivity index (χ3n) is 2.99. The SMILES string of the molecule is CC(C)c1cccc(-c2ccn(C)c(=O)c2)c1. The molecule has 0 saturated heterocycles. The van der Waals surface area contributed by atoms with Gasteiger partial charge in [-0.25, -0.2) is 0 Å². The first-order chi connectivity index (χ1) is 8.08. The van der Waals surface area contributed by atoms with Crippen molar-refractivity contribution in [1.82, 2.24) is 4.57 Å². The molecule has 0 bridgehead atoms. The molecule has 0 amide bonds. The molecule has 2 rings (SSSR count). The van der Waals surface area contributed by atoms with Crippen LogP contribution in [-0.2, 0) is 7.05 Å². The molecule has 0 saturated carbocycles. The van der Waals surface area contributed by atoms with E-state index in [0.717, 1.165) is 11.1 Å². The minimum atomic E-state index is 0.0254. The van der Waals surface area contributed by atoms with Gasteiger partial charge < -0.3 is 4.57 Å². The van der Waals surface area contributed by atoms with E-state index in [9.17, 15) is 4.79 Å². The van der Waals surface area contributed by atoms with Crippen LogP contribution in [0.4, 0.5) is 0 Å². The Kier molecular flexibility index (Phi) is 3.14. The van der Waals surface area contributed by atoms with Gasteiger partial charge in [0, 0.05) is 19.3 Å². The summed E-state index contributed by atoms with van der Waals surface area (Å²) in [5.41, 5.74) is 3.41. The van der Waals surface area contributed by atoms with Gasteiger partial charge in [-0.05, 0) is 28.7 Å². The zero-order valence-corrected chi connectivity index (χ0v) is 10.5. The second-order valence-corrected chi connectivity index (χ2v) is 4.64. The van der Waals surface area contributed by atoms with Crippen molar-refractivity contribution >= 4 is 0 Å². The molecule has 88 valence electrons. The van der Waals surface area contributed by atoms with E-state index in [2.05, 4.69) is 26.0 Å². The molecule has 17 heavy (non-hydrogen) atoms. The molecule has 1 heterocycles. The van der Waals surface area contributed by atoms with Gasteiger partial charge >= 0.3 is 0 Å². The van der Waals surface area contributed by atoms with E-state index in [-0.39, 0.29) is 5.56 Å². The number of rotatable bonds is 2. The second kappa shape index (κ2) is 4.58. The average Bonchev–Trinajstić information content (AvgIpc) is 2.33. The molecule has 2 nitrogen and oxygen atoms in total. The van der Waals surface area contributed by atoms with E-state index in [1.807, 2.05) is 18.2 Å². The highest BCUT2D eigenvalue weighted by Crippen LogP contribution is 2.22. The summed E-state index contributed by atoms with van der Waals surface area (Å²) in [5, 5.41) is 0. The van der Waals surface area contributed by atoms with Crippen molar-refractivity contribution in [1.29, 1.82) is 0 Å². The number of pyridine rings is 1. The Balaban J connectivity index is 2.49. The molecule has 0 atom stereocenters. The van der Waals surface area contributed by atoms with Gasteiger partial charge in [0.25, 0.3) is 5.56 Å². The minimum absolute atomic E-state index is 0.0254. The first kappa shape index (κ1) is 11.6. The number of nitrogens with zero attached hydrogens (tertiary/aromatic N) is 1. The standard InChI is InChI=1S/C15H17NO/c1-11(2)12-5-4-6-13(9-12)14-7-8-16(3)15(17)10-14/h4-11H,1-3H3. The van der Waals surface area contributed by atoms with Gasteiger partial charge in [-0.2, -0.15) is 0 Å². The quantitative estimate of drug-likeness (QED) is 0.772. The first-order valence-corrected chi connectivity index (χ1v) is 5.85. The zero-order valence-electron chi connectivity index (χ0n) is 10.5. The van der Waals surface area contributed by atoms with Gasteiger partial charge in [0.05, 0.1) is 0 Å². The van der Waals surface area contributed by atoms with E-state index in [0.29, 0.717) is 5.92 Å². The summed E-state index contributed by atoms with van der Waals surface area (Å²) >= 11 is 0. The molecule has 0 aliphatic carbocycles. The van der Waals surface area contributed by atoms with Crippen LogP contribution in [0.2, 0.25) is 0 Å². The maximum Gasteiger partial charge on any atom is 0.250 e. The predicted octanol–water partition coefficient (Wildman–Crippen LogP) is 3.18. The lowest BCUT2D eigenvalue weighted by Gasteiger charge is -2.08. The van der Waals surface area contributed by atoms with Crippen LogP contribution >= 0.6 is 0 Å². The monoisotopic (exact) mass is 227 g/mol. The highest BCUT2D eigenvalue weighted by molar-refractivity contribution is 5.63. The second-order valence-electron chi connectivity index (χ2n) is 4.64. The lowest BCUT2D eigenvalue weighted by molar-refractivity contribution is 0.860.